The van der Waals surface area contributed by atoms with Crippen LogP contribution in [0.4, 0.5) is 0 Å². The van der Waals surface area contributed by atoms with Gasteiger partial charge in [0, 0.05) is 12.6 Å². The van der Waals surface area contributed by atoms with Gasteiger partial charge in [0.25, 0.3) is 0 Å². The van der Waals surface area contributed by atoms with Crippen molar-refractivity contribution in [3.05, 3.63) is 35.4 Å². The van der Waals surface area contributed by atoms with Gasteiger partial charge in [0.2, 0.25) is 0 Å². The van der Waals surface area contributed by atoms with Crippen LogP contribution in [-0.2, 0) is 0 Å². The minimum absolute atomic E-state index is 0.238. The second-order valence-corrected chi connectivity index (χ2v) is 4.98. The highest BCUT2D eigenvalue weighted by Gasteiger charge is 2.30. The molecule has 1 aromatic carbocycles. The van der Waals surface area contributed by atoms with Gasteiger partial charge in [0.1, 0.15) is 0 Å². The number of hydrogen-bond acceptors (Lipinski definition) is 2. The van der Waals surface area contributed by atoms with Gasteiger partial charge < -0.3 is 10.4 Å². The normalized spacial score (nSPS) is 26.2. The fraction of sp³-hybridized carbons (Fsp3) is 0.571. The first-order valence-electron chi connectivity index (χ1n) is 6.14. The summed E-state index contributed by atoms with van der Waals surface area (Å²) in [4.78, 5) is 0. The number of aliphatic hydroxyl groups excluding tert-OH is 1. The Kier molecular flexibility index (Phi) is 3.62. The highest BCUT2D eigenvalue weighted by Crippen LogP contribution is 2.38. The van der Waals surface area contributed by atoms with E-state index in [1.54, 1.807) is 0 Å². The first-order valence-corrected chi connectivity index (χ1v) is 6.14. The molecule has 0 heterocycles. The summed E-state index contributed by atoms with van der Waals surface area (Å²) in [5.41, 5.74) is 2.90. The zero-order chi connectivity index (χ0) is 11.5. The van der Waals surface area contributed by atoms with Gasteiger partial charge in [0.15, 0.2) is 0 Å². The fourth-order valence-electron chi connectivity index (χ4n) is 2.42. The molecule has 0 radical (unpaired) electrons. The number of hydrogen-bond donors (Lipinski definition) is 2. The van der Waals surface area contributed by atoms with Gasteiger partial charge in [-0.25, -0.2) is 0 Å². The molecule has 2 N–H and O–H groups in total. The molecule has 1 atom stereocenters. The van der Waals surface area contributed by atoms with Crippen molar-refractivity contribution < 1.29 is 5.11 Å². The molecule has 2 nitrogen and oxygen atoms in total. The summed E-state index contributed by atoms with van der Waals surface area (Å²) in [5, 5.41) is 12.6. The zero-order valence-corrected chi connectivity index (χ0v) is 10.1. The van der Waals surface area contributed by atoms with Crippen LogP contribution >= 0.6 is 0 Å². The summed E-state index contributed by atoms with van der Waals surface area (Å²) < 4.78 is 0. The van der Waals surface area contributed by atoms with E-state index in [4.69, 9.17) is 0 Å². The van der Waals surface area contributed by atoms with Gasteiger partial charge in [-0.15, -0.1) is 0 Å². The molecule has 0 unspecified atom stereocenters. The average molecular weight is 219 g/mol. The van der Waals surface area contributed by atoms with Crippen LogP contribution in [0.25, 0.3) is 0 Å². The van der Waals surface area contributed by atoms with E-state index in [1.165, 1.54) is 24.0 Å². The summed E-state index contributed by atoms with van der Waals surface area (Å²) in [6, 6.07) is 9.25. The number of aliphatic hydroxyl groups is 1. The van der Waals surface area contributed by atoms with E-state index < -0.39 is 0 Å². The highest BCUT2D eigenvalue weighted by molar-refractivity contribution is 5.31. The van der Waals surface area contributed by atoms with Crippen LogP contribution in [0.5, 0.6) is 0 Å². The lowest BCUT2D eigenvalue weighted by atomic mass is 9.74. The molecule has 16 heavy (non-hydrogen) atoms. The van der Waals surface area contributed by atoms with Crippen LogP contribution in [0, 0.1) is 6.92 Å². The zero-order valence-electron chi connectivity index (χ0n) is 10.1. The van der Waals surface area contributed by atoms with Crippen LogP contribution in [0.15, 0.2) is 24.3 Å². The Labute approximate surface area is 97.7 Å². The van der Waals surface area contributed by atoms with Crippen LogP contribution < -0.4 is 5.32 Å². The third kappa shape index (κ3) is 2.63. The Bertz CT molecular complexity index is 342. The van der Waals surface area contributed by atoms with E-state index in [0.29, 0.717) is 18.5 Å². The van der Waals surface area contributed by atoms with Crippen molar-refractivity contribution in [3.63, 3.8) is 0 Å². The molecule has 0 amide bonds. The van der Waals surface area contributed by atoms with E-state index in [9.17, 15) is 5.11 Å². The largest absolute Gasteiger partial charge is 0.392 e. The Balaban J connectivity index is 1.82. The molecule has 1 aromatic rings. The number of aryl methyl sites for hydroxylation is 1. The van der Waals surface area contributed by atoms with E-state index in [-0.39, 0.29) is 6.10 Å². The number of benzene rings is 1. The maximum Gasteiger partial charge on any atom is 0.0636 e. The molecule has 88 valence electrons. The quantitative estimate of drug-likeness (QED) is 0.813. The lowest BCUT2D eigenvalue weighted by Crippen LogP contribution is -2.43. The summed E-state index contributed by atoms with van der Waals surface area (Å²) in [6.45, 7) is 4.72. The van der Waals surface area contributed by atoms with Crippen LogP contribution in [0.1, 0.15) is 36.8 Å². The van der Waals surface area contributed by atoms with Crippen molar-refractivity contribution in [2.45, 2.75) is 44.8 Å². The Hall–Kier alpha value is -0.860. The summed E-state index contributed by atoms with van der Waals surface area (Å²) in [7, 11) is 0. The smallest absolute Gasteiger partial charge is 0.0636 e. The predicted molar refractivity (Wildman–Crippen MR) is 66.6 cm³/mol. The van der Waals surface area contributed by atoms with Crippen molar-refractivity contribution in [2.75, 3.05) is 6.54 Å². The molecule has 0 spiro atoms. The van der Waals surface area contributed by atoms with Crippen LogP contribution in [0.2, 0.25) is 0 Å². The van der Waals surface area contributed by atoms with Crippen molar-refractivity contribution >= 4 is 0 Å². The van der Waals surface area contributed by atoms with Crippen molar-refractivity contribution in [1.29, 1.82) is 0 Å². The molecule has 2 rings (SSSR count). The van der Waals surface area contributed by atoms with Crippen molar-refractivity contribution in [2.24, 2.45) is 0 Å². The maximum absolute atomic E-state index is 9.19. The average Bonchev–Trinajstić information content (AvgIpc) is 2.17. The van der Waals surface area contributed by atoms with Gasteiger partial charge >= 0.3 is 0 Å². The van der Waals surface area contributed by atoms with Crippen LogP contribution in [-0.4, -0.2) is 23.8 Å². The third-order valence-electron chi connectivity index (χ3n) is 3.47. The van der Waals surface area contributed by atoms with Gasteiger partial charge in [-0.1, -0.05) is 24.3 Å². The monoisotopic (exact) mass is 219 g/mol. The molecule has 1 aliphatic rings. The summed E-state index contributed by atoms with van der Waals surface area (Å²) in [6.07, 6.45) is 2.17. The van der Waals surface area contributed by atoms with Gasteiger partial charge in [-0.2, -0.15) is 0 Å². The minimum atomic E-state index is -0.238. The predicted octanol–water partition coefficient (Wildman–Crippen LogP) is 2.21. The molecule has 0 saturated heterocycles. The molecule has 1 aliphatic carbocycles. The lowest BCUT2D eigenvalue weighted by Gasteiger charge is -2.37. The van der Waals surface area contributed by atoms with E-state index in [2.05, 4.69) is 36.5 Å². The van der Waals surface area contributed by atoms with E-state index in [0.717, 1.165) is 0 Å². The van der Waals surface area contributed by atoms with E-state index >= 15 is 0 Å². The molecule has 1 saturated carbocycles. The number of nitrogens with one attached hydrogen (secondary N) is 1. The SMILES string of the molecule is Cc1ccccc1C1CC(NC[C@H](C)O)C1. The topological polar surface area (TPSA) is 32.3 Å². The second-order valence-electron chi connectivity index (χ2n) is 4.98. The minimum Gasteiger partial charge on any atom is -0.392 e. The van der Waals surface area contributed by atoms with Crippen LogP contribution in [0.3, 0.4) is 0 Å². The second kappa shape index (κ2) is 4.98. The first kappa shape index (κ1) is 11.6. The maximum atomic E-state index is 9.19. The number of rotatable bonds is 4. The molecule has 2 heteroatoms. The lowest BCUT2D eigenvalue weighted by molar-refractivity contribution is 0.171. The van der Waals surface area contributed by atoms with Crippen molar-refractivity contribution in [3.8, 4) is 0 Å². The standard InChI is InChI=1S/C14H21NO/c1-10-5-3-4-6-14(10)12-7-13(8-12)15-9-11(2)16/h3-6,11-13,15-16H,7-9H2,1-2H3/t11-,12?,13?/m0/s1. The van der Waals surface area contributed by atoms with E-state index in [1.807, 2.05) is 6.92 Å². The molecule has 0 bridgehead atoms. The van der Waals surface area contributed by atoms with Crippen molar-refractivity contribution in [1.82, 2.24) is 5.32 Å². The molecule has 0 aromatic heterocycles. The third-order valence-corrected chi connectivity index (χ3v) is 3.47. The molecular weight excluding hydrogens is 198 g/mol. The fourth-order valence-corrected chi connectivity index (χ4v) is 2.42. The van der Waals surface area contributed by atoms with Gasteiger partial charge in [-0.05, 0) is 43.7 Å². The molecule has 1 fully saturated rings. The van der Waals surface area contributed by atoms with Gasteiger partial charge in [0.05, 0.1) is 6.10 Å². The highest BCUT2D eigenvalue weighted by atomic mass is 16.3. The Morgan fingerprint density at radius 2 is 2.06 bits per heavy atom. The summed E-state index contributed by atoms with van der Waals surface area (Å²) in [5.74, 6) is 0.715. The Morgan fingerprint density at radius 3 is 2.69 bits per heavy atom. The Morgan fingerprint density at radius 1 is 1.38 bits per heavy atom. The molecule has 0 aliphatic heterocycles. The van der Waals surface area contributed by atoms with Gasteiger partial charge in [-0.3, -0.25) is 0 Å². The molecular formula is C14H21NO. The first-order chi connectivity index (χ1) is 7.66. The summed E-state index contributed by atoms with van der Waals surface area (Å²) >= 11 is 0.